The number of halogens is 1. The molecule has 1 fully saturated rings. The first-order chi connectivity index (χ1) is 7.74. The minimum atomic E-state index is 0.0408. The highest BCUT2D eigenvalue weighted by Crippen LogP contribution is 2.24. The van der Waals surface area contributed by atoms with E-state index < -0.39 is 0 Å². The van der Waals surface area contributed by atoms with Gasteiger partial charge in [-0.3, -0.25) is 0 Å². The van der Waals surface area contributed by atoms with Crippen molar-refractivity contribution in [2.45, 2.75) is 18.4 Å². The van der Waals surface area contributed by atoms with Gasteiger partial charge in [0.05, 0.1) is 5.54 Å². The predicted molar refractivity (Wildman–Crippen MR) is 69.0 cm³/mol. The van der Waals surface area contributed by atoms with Crippen molar-refractivity contribution in [1.29, 1.82) is 0 Å². The van der Waals surface area contributed by atoms with Crippen molar-refractivity contribution in [1.82, 2.24) is 5.32 Å². The summed E-state index contributed by atoms with van der Waals surface area (Å²) < 4.78 is 0. The van der Waals surface area contributed by atoms with Gasteiger partial charge in [0.25, 0.3) is 0 Å². The van der Waals surface area contributed by atoms with E-state index in [2.05, 4.69) is 10.6 Å². The first-order valence-electron chi connectivity index (χ1n) is 5.69. The van der Waals surface area contributed by atoms with E-state index in [0.29, 0.717) is 6.54 Å². The van der Waals surface area contributed by atoms with Crippen LogP contribution in [0.2, 0.25) is 5.02 Å². The molecule has 1 aliphatic rings. The summed E-state index contributed by atoms with van der Waals surface area (Å²) in [7, 11) is 0. The molecule has 0 radical (unpaired) electrons. The van der Waals surface area contributed by atoms with Crippen molar-refractivity contribution in [3.05, 3.63) is 29.3 Å². The van der Waals surface area contributed by atoms with E-state index in [1.165, 1.54) is 0 Å². The zero-order chi connectivity index (χ0) is 11.4. The van der Waals surface area contributed by atoms with Crippen LogP contribution in [-0.2, 0) is 0 Å². The Morgan fingerprint density at radius 1 is 1.25 bits per heavy atom. The van der Waals surface area contributed by atoms with E-state index in [4.69, 9.17) is 17.3 Å². The number of nitrogens with two attached hydrogens (primary N) is 1. The Labute approximate surface area is 101 Å². The lowest BCUT2D eigenvalue weighted by molar-refractivity contribution is 0.346. The van der Waals surface area contributed by atoms with Crippen LogP contribution in [0.3, 0.4) is 0 Å². The van der Waals surface area contributed by atoms with Gasteiger partial charge in [0.2, 0.25) is 0 Å². The SMILES string of the molecule is NCC1(Nc2ccc(Cl)cc2)CCNCC1. The molecule has 0 aromatic heterocycles. The standard InChI is InChI=1S/C12H18ClN3/c13-10-1-3-11(4-2-10)16-12(9-14)5-7-15-8-6-12/h1-4,15-16H,5-9,14H2. The second kappa shape index (κ2) is 5.04. The lowest BCUT2D eigenvalue weighted by Gasteiger charge is -2.38. The van der Waals surface area contributed by atoms with Crippen molar-refractivity contribution in [3.63, 3.8) is 0 Å². The normalized spacial score (nSPS) is 19.4. The average molecular weight is 240 g/mol. The maximum atomic E-state index is 5.90. The Balaban J connectivity index is 2.08. The first kappa shape index (κ1) is 11.7. The topological polar surface area (TPSA) is 50.1 Å². The fraction of sp³-hybridized carbons (Fsp3) is 0.500. The lowest BCUT2D eigenvalue weighted by atomic mass is 9.88. The lowest BCUT2D eigenvalue weighted by Crippen LogP contribution is -2.52. The van der Waals surface area contributed by atoms with E-state index in [1.54, 1.807) is 0 Å². The van der Waals surface area contributed by atoms with Crippen LogP contribution in [-0.4, -0.2) is 25.2 Å². The molecule has 1 aromatic rings. The number of anilines is 1. The van der Waals surface area contributed by atoms with E-state index >= 15 is 0 Å². The molecule has 4 N–H and O–H groups in total. The largest absolute Gasteiger partial charge is 0.378 e. The zero-order valence-corrected chi connectivity index (χ0v) is 10.1. The third-order valence-electron chi connectivity index (χ3n) is 3.21. The Kier molecular flexibility index (Phi) is 3.69. The Morgan fingerprint density at radius 3 is 2.44 bits per heavy atom. The van der Waals surface area contributed by atoms with Crippen molar-refractivity contribution in [2.75, 3.05) is 25.0 Å². The van der Waals surface area contributed by atoms with E-state index in [-0.39, 0.29) is 5.54 Å². The van der Waals surface area contributed by atoms with Gasteiger partial charge in [-0.2, -0.15) is 0 Å². The van der Waals surface area contributed by atoms with Crippen LogP contribution in [0.25, 0.3) is 0 Å². The Hall–Kier alpha value is -0.770. The van der Waals surface area contributed by atoms with Crippen LogP contribution >= 0.6 is 11.6 Å². The minimum absolute atomic E-state index is 0.0408. The summed E-state index contributed by atoms with van der Waals surface area (Å²) in [5.74, 6) is 0. The molecule has 0 amide bonds. The molecule has 3 nitrogen and oxygen atoms in total. The van der Waals surface area contributed by atoms with Crippen LogP contribution in [0.1, 0.15) is 12.8 Å². The van der Waals surface area contributed by atoms with Gasteiger partial charge in [0.15, 0.2) is 0 Å². The molecular formula is C12H18ClN3. The summed E-state index contributed by atoms with van der Waals surface area (Å²) in [6.45, 7) is 2.72. The quantitative estimate of drug-likeness (QED) is 0.755. The maximum absolute atomic E-state index is 5.90. The molecule has 16 heavy (non-hydrogen) atoms. The van der Waals surface area contributed by atoms with Crippen LogP contribution < -0.4 is 16.4 Å². The molecule has 1 aromatic carbocycles. The summed E-state index contributed by atoms with van der Waals surface area (Å²) in [6.07, 6.45) is 2.12. The highest BCUT2D eigenvalue weighted by atomic mass is 35.5. The highest BCUT2D eigenvalue weighted by Gasteiger charge is 2.30. The van der Waals surface area contributed by atoms with Gasteiger partial charge in [0, 0.05) is 17.3 Å². The average Bonchev–Trinajstić information content (AvgIpc) is 2.33. The molecule has 0 unspecified atom stereocenters. The van der Waals surface area contributed by atoms with Gasteiger partial charge in [-0.1, -0.05) is 11.6 Å². The summed E-state index contributed by atoms with van der Waals surface area (Å²) in [4.78, 5) is 0. The fourth-order valence-electron chi connectivity index (χ4n) is 2.12. The molecular weight excluding hydrogens is 222 g/mol. The van der Waals surface area contributed by atoms with Crippen LogP contribution in [0.5, 0.6) is 0 Å². The molecule has 0 aliphatic carbocycles. The van der Waals surface area contributed by atoms with Gasteiger partial charge in [-0.15, -0.1) is 0 Å². The van der Waals surface area contributed by atoms with Gasteiger partial charge < -0.3 is 16.4 Å². The first-order valence-corrected chi connectivity index (χ1v) is 6.06. The summed E-state index contributed by atoms with van der Waals surface area (Å²) in [6, 6.07) is 7.80. The minimum Gasteiger partial charge on any atom is -0.378 e. The molecule has 1 heterocycles. The molecule has 0 bridgehead atoms. The Morgan fingerprint density at radius 2 is 1.88 bits per heavy atom. The third-order valence-corrected chi connectivity index (χ3v) is 3.46. The molecule has 4 heteroatoms. The number of nitrogens with one attached hydrogen (secondary N) is 2. The number of hydrogen-bond acceptors (Lipinski definition) is 3. The summed E-state index contributed by atoms with van der Waals surface area (Å²) in [5.41, 5.74) is 7.03. The number of rotatable bonds is 3. The van der Waals surface area contributed by atoms with Crippen molar-refractivity contribution in [3.8, 4) is 0 Å². The second-order valence-corrected chi connectivity index (χ2v) is 4.80. The van der Waals surface area contributed by atoms with E-state index in [9.17, 15) is 0 Å². The predicted octanol–water partition coefficient (Wildman–Crippen LogP) is 1.83. The van der Waals surface area contributed by atoms with Crippen molar-refractivity contribution < 1.29 is 0 Å². The number of benzene rings is 1. The third kappa shape index (κ3) is 2.67. The van der Waals surface area contributed by atoms with E-state index in [1.807, 2.05) is 24.3 Å². The van der Waals surface area contributed by atoms with Gasteiger partial charge in [-0.25, -0.2) is 0 Å². The molecule has 2 rings (SSSR count). The van der Waals surface area contributed by atoms with Crippen molar-refractivity contribution in [2.24, 2.45) is 5.73 Å². The molecule has 1 aliphatic heterocycles. The molecule has 0 atom stereocenters. The van der Waals surface area contributed by atoms with Gasteiger partial charge >= 0.3 is 0 Å². The van der Waals surface area contributed by atoms with Crippen LogP contribution in [0.4, 0.5) is 5.69 Å². The van der Waals surface area contributed by atoms with Crippen LogP contribution in [0, 0.1) is 0 Å². The summed E-state index contributed by atoms with van der Waals surface area (Å²) in [5, 5.41) is 7.66. The van der Waals surface area contributed by atoms with Crippen molar-refractivity contribution >= 4 is 17.3 Å². The number of piperidine rings is 1. The zero-order valence-electron chi connectivity index (χ0n) is 9.30. The molecule has 0 saturated carbocycles. The smallest absolute Gasteiger partial charge is 0.0519 e. The molecule has 1 saturated heterocycles. The second-order valence-electron chi connectivity index (χ2n) is 4.37. The van der Waals surface area contributed by atoms with Gasteiger partial charge in [0.1, 0.15) is 0 Å². The van der Waals surface area contributed by atoms with Crippen LogP contribution in [0.15, 0.2) is 24.3 Å². The maximum Gasteiger partial charge on any atom is 0.0519 e. The monoisotopic (exact) mass is 239 g/mol. The molecule has 88 valence electrons. The van der Waals surface area contributed by atoms with Gasteiger partial charge in [-0.05, 0) is 50.2 Å². The number of hydrogen-bond donors (Lipinski definition) is 3. The fourth-order valence-corrected chi connectivity index (χ4v) is 2.25. The summed E-state index contributed by atoms with van der Waals surface area (Å²) >= 11 is 5.86. The molecule has 0 spiro atoms. The van der Waals surface area contributed by atoms with E-state index in [0.717, 1.165) is 36.6 Å². The highest BCUT2D eigenvalue weighted by molar-refractivity contribution is 6.30. The Bertz CT molecular complexity index is 331.